The fourth-order valence-corrected chi connectivity index (χ4v) is 4.26. The van der Waals surface area contributed by atoms with E-state index in [-0.39, 0.29) is 23.3 Å². The van der Waals surface area contributed by atoms with Gasteiger partial charge in [0.1, 0.15) is 5.75 Å². The van der Waals surface area contributed by atoms with Crippen LogP contribution in [0, 0.1) is 5.92 Å². The molecular formula is C23H25N3O3S. The Morgan fingerprint density at radius 1 is 1.23 bits per heavy atom. The largest absolute Gasteiger partial charge is 0.497 e. The number of methoxy groups -OCH3 is 1. The molecule has 1 fully saturated rings. The Kier molecular flexibility index (Phi) is 6.08. The number of carbonyl (C=O) groups is 1. The summed E-state index contributed by atoms with van der Waals surface area (Å²) in [6.07, 6.45) is 2.37. The minimum Gasteiger partial charge on any atom is -0.497 e. The van der Waals surface area contributed by atoms with E-state index in [1.807, 2.05) is 49.4 Å². The lowest BCUT2D eigenvalue weighted by molar-refractivity contribution is -0.119. The fourth-order valence-electron chi connectivity index (χ4n) is 3.45. The molecule has 0 aliphatic heterocycles. The number of nitrogens with one attached hydrogen (secondary N) is 1. The average molecular weight is 424 g/mol. The summed E-state index contributed by atoms with van der Waals surface area (Å²) < 4.78 is 6.86. The van der Waals surface area contributed by atoms with Gasteiger partial charge in [0.2, 0.25) is 5.91 Å². The van der Waals surface area contributed by atoms with E-state index in [1.54, 1.807) is 17.7 Å². The van der Waals surface area contributed by atoms with E-state index < -0.39 is 0 Å². The first kappa shape index (κ1) is 20.5. The molecule has 3 aromatic rings. The summed E-state index contributed by atoms with van der Waals surface area (Å²) in [5, 5.41) is 4.17. The van der Waals surface area contributed by atoms with Crippen molar-refractivity contribution in [2.75, 3.05) is 12.9 Å². The van der Waals surface area contributed by atoms with Gasteiger partial charge in [0.05, 0.1) is 30.3 Å². The molecule has 0 unspecified atom stereocenters. The van der Waals surface area contributed by atoms with Crippen LogP contribution in [0.15, 0.2) is 58.5 Å². The number of nitrogens with zero attached hydrogens (tertiary/aromatic N) is 2. The van der Waals surface area contributed by atoms with Crippen LogP contribution >= 0.6 is 11.8 Å². The van der Waals surface area contributed by atoms with E-state index in [9.17, 15) is 9.59 Å². The third-order valence-corrected chi connectivity index (χ3v) is 6.35. The molecular weight excluding hydrogens is 398 g/mol. The van der Waals surface area contributed by atoms with E-state index in [0.717, 1.165) is 11.3 Å². The van der Waals surface area contributed by atoms with E-state index in [4.69, 9.17) is 4.74 Å². The number of ether oxygens (including phenoxy) is 1. The van der Waals surface area contributed by atoms with Gasteiger partial charge >= 0.3 is 0 Å². The predicted octanol–water partition coefficient (Wildman–Crippen LogP) is 3.46. The van der Waals surface area contributed by atoms with Crippen molar-refractivity contribution in [1.82, 2.24) is 14.9 Å². The molecule has 7 heteroatoms. The van der Waals surface area contributed by atoms with Gasteiger partial charge in [0.15, 0.2) is 5.16 Å². The van der Waals surface area contributed by atoms with Crippen LogP contribution in [0.25, 0.3) is 10.9 Å². The number of rotatable bonds is 8. The number of fused-ring (bicyclic) bond motifs is 1. The number of thioether (sulfide) groups is 1. The van der Waals surface area contributed by atoms with Gasteiger partial charge in [-0.2, -0.15) is 0 Å². The highest BCUT2D eigenvalue weighted by Crippen LogP contribution is 2.32. The number of amides is 1. The Bertz CT molecular complexity index is 1110. The zero-order chi connectivity index (χ0) is 21.1. The van der Waals surface area contributed by atoms with Gasteiger partial charge in [-0.25, -0.2) is 4.98 Å². The van der Waals surface area contributed by atoms with Crippen LogP contribution in [0.5, 0.6) is 5.75 Å². The molecule has 1 aromatic heterocycles. The second-order valence-corrected chi connectivity index (χ2v) is 8.58. The first-order valence-electron chi connectivity index (χ1n) is 10.1. The Hall–Kier alpha value is -2.80. The lowest BCUT2D eigenvalue weighted by Gasteiger charge is -2.15. The van der Waals surface area contributed by atoms with E-state index in [2.05, 4.69) is 10.3 Å². The Labute approximate surface area is 179 Å². The molecule has 1 N–H and O–H groups in total. The minimum atomic E-state index is -0.106. The summed E-state index contributed by atoms with van der Waals surface area (Å²) in [5.41, 5.74) is 1.50. The van der Waals surface area contributed by atoms with Gasteiger partial charge < -0.3 is 10.1 Å². The first-order valence-corrected chi connectivity index (χ1v) is 11.1. The maximum atomic E-state index is 13.2. The topological polar surface area (TPSA) is 73.2 Å². The predicted molar refractivity (Wildman–Crippen MR) is 119 cm³/mol. The van der Waals surface area contributed by atoms with Gasteiger partial charge in [-0.15, -0.1) is 0 Å². The van der Waals surface area contributed by atoms with Crippen molar-refractivity contribution in [1.29, 1.82) is 0 Å². The van der Waals surface area contributed by atoms with Gasteiger partial charge in [-0.1, -0.05) is 36.0 Å². The molecule has 1 heterocycles. The summed E-state index contributed by atoms with van der Waals surface area (Å²) in [5.74, 6) is 1.56. The lowest BCUT2D eigenvalue weighted by atomic mass is 10.2. The van der Waals surface area contributed by atoms with Crippen LogP contribution < -0.4 is 15.6 Å². The number of aromatic nitrogens is 2. The standard InChI is InChI=1S/C23H25N3O3S/c1-15(17-9-10-17)24-21(27)14-30-23-25-20-6-4-3-5-19(20)22(28)26(23)13-16-7-11-18(29-2)12-8-16/h3-8,11-12,15,17H,9-10,13-14H2,1-2H3,(H,24,27)/t15-/m0/s1. The summed E-state index contributed by atoms with van der Waals surface area (Å²) >= 11 is 1.30. The minimum absolute atomic E-state index is 0.0298. The molecule has 156 valence electrons. The summed E-state index contributed by atoms with van der Waals surface area (Å²) in [4.78, 5) is 30.3. The SMILES string of the molecule is COc1ccc(Cn2c(SCC(=O)N[C@@H](C)C3CC3)nc3ccccc3c2=O)cc1. The number of benzene rings is 2. The normalized spacial score (nSPS) is 14.5. The molecule has 0 spiro atoms. The van der Waals surface area contributed by atoms with Crippen LogP contribution in [0.2, 0.25) is 0 Å². The monoisotopic (exact) mass is 423 g/mol. The zero-order valence-corrected chi connectivity index (χ0v) is 17.9. The van der Waals surface area contributed by atoms with Gasteiger partial charge in [-0.05, 0) is 55.5 Å². The molecule has 0 radical (unpaired) electrons. The van der Waals surface area contributed by atoms with Crippen LogP contribution in [0.3, 0.4) is 0 Å². The summed E-state index contributed by atoms with van der Waals surface area (Å²) in [7, 11) is 1.62. The van der Waals surface area contributed by atoms with Crippen molar-refractivity contribution in [3.05, 3.63) is 64.4 Å². The molecule has 0 bridgehead atoms. The number of carbonyl (C=O) groups excluding carboxylic acids is 1. The van der Waals surface area contributed by atoms with Gasteiger partial charge in [0, 0.05) is 6.04 Å². The molecule has 1 saturated carbocycles. The smallest absolute Gasteiger partial charge is 0.262 e. The van der Waals surface area contributed by atoms with Crippen molar-refractivity contribution >= 4 is 28.6 Å². The molecule has 1 aliphatic carbocycles. The Morgan fingerprint density at radius 2 is 1.97 bits per heavy atom. The van der Waals surface area contributed by atoms with Crippen LogP contribution in [-0.2, 0) is 11.3 Å². The number of hydrogen-bond donors (Lipinski definition) is 1. The maximum absolute atomic E-state index is 13.2. The number of para-hydroxylation sites is 1. The van der Waals surface area contributed by atoms with Crippen LogP contribution in [0.1, 0.15) is 25.3 Å². The Morgan fingerprint density at radius 3 is 2.67 bits per heavy atom. The van der Waals surface area contributed by atoms with E-state index in [0.29, 0.717) is 28.5 Å². The molecule has 1 amide bonds. The third kappa shape index (κ3) is 4.67. The third-order valence-electron chi connectivity index (χ3n) is 5.38. The highest BCUT2D eigenvalue weighted by molar-refractivity contribution is 7.99. The zero-order valence-electron chi connectivity index (χ0n) is 17.1. The molecule has 0 saturated heterocycles. The number of hydrogen-bond acceptors (Lipinski definition) is 5. The molecule has 2 aromatic carbocycles. The van der Waals surface area contributed by atoms with Gasteiger partial charge in [0.25, 0.3) is 5.56 Å². The molecule has 30 heavy (non-hydrogen) atoms. The fraction of sp³-hybridized carbons (Fsp3) is 0.348. The lowest BCUT2D eigenvalue weighted by Crippen LogP contribution is -2.35. The van der Waals surface area contributed by atoms with Crippen molar-refractivity contribution < 1.29 is 9.53 Å². The van der Waals surface area contributed by atoms with Crippen molar-refractivity contribution in [2.45, 2.75) is 37.5 Å². The molecule has 4 rings (SSSR count). The van der Waals surface area contributed by atoms with Gasteiger partial charge in [-0.3, -0.25) is 14.2 Å². The first-order chi connectivity index (χ1) is 14.5. The van der Waals surface area contributed by atoms with Crippen molar-refractivity contribution in [3.63, 3.8) is 0 Å². The van der Waals surface area contributed by atoms with E-state index >= 15 is 0 Å². The maximum Gasteiger partial charge on any atom is 0.262 e. The summed E-state index contributed by atoms with van der Waals surface area (Å²) in [6.45, 7) is 2.43. The second kappa shape index (κ2) is 8.92. The van der Waals surface area contributed by atoms with Crippen molar-refractivity contribution in [2.24, 2.45) is 5.92 Å². The molecule has 1 aliphatic rings. The van der Waals surface area contributed by atoms with Crippen LogP contribution in [-0.4, -0.2) is 34.4 Å². The average Bonchev–Trinajstić information content (AvgIpc) is 3.60. The molecule has 1 atom stereocenters. The Balaban J connectivity index is 1.60. The van der Waals surface area contributed by atoms with Crippen molar-refractivity contribution in [3.8, 4) is 5.75 Å². The van der Waals surface area contributed by atoms with Crippen LogP contribution in [0.4, 0.5) is 0 Å². The quantitative estimate of drug-likeness (QED) is 0.444. The molecule has 6 nitrogen and oxygen atoms in total. The summed E-state index contributed by atoms with van der Waals surface area (Å²) in [6, 6.07) is 15.1. The highest BCUT2D eigenvalue weighted by Gasteiger charge is 2.28. The van der Waals surface area contributed by atoms with E-state index in [1.165, 1.54) is 24.6 Å². The second-order valence-electron chi connectivity index (χ2n) is 7.63. The highest BCUT2D eigenvalue weighted by atomic mass is 32.2.